The summed E-state index contributed by atoms with van der Waals surface area (Å²) >= 11 is 13.7. The van der Waals surface area contributed by atoms with Gasteiger partial charge in [0.1, 0.15) is 0 Å². The number of carbonyl (C=O) groups excluding carboxylic acids is 1. The standard InChI is InChI=1S/C24H20Cl2N4OS/c25-17-2-1-3-18(26)22(17)29-24-30-23(31)21(32-24)13-15-6-7-19-16(12-15)20(9-11-28-19)27-10-8-14-4-5-14/h1-3,6-7,9,11-14H,4-5,8,10H2,(H,27,28)(H,29,30,31). The number of anilines is 2. The quantitative estimate of drug-likeness (QED) is 0.376. The molecule has 0 atom stereocenters. The normalized spacial score (nSPS) is 17.1. The second kappa shape index (κ2) is 9.14. The van der Waals surface area contributed by atoms with Gasteiger partial charge in [-0.25, -0.2) is 0 Å². The van der Waals surface area contributed by atoms with Crippen molar-refractivity contribution in [1.82, 2.24) is 4.98 Å². The maximum atomic E-state index is 12.5. The third kappa shape index (κ3) is 4.77. The van der Waals surface area contributed by atoms with E-state index < -0.39 is 0 Å². The zero-order chi connectivity index (χ0) is 22.1. The molecule has 5 rings (SSSR count). The number of benzene rings is 2. The molecule has 0 saturated heterocycles. The van der Waals surface area contributed by atoms with Gasteiger partial charge in [0, 0.05) is 23.8 Å². The van der Waals surface area contributed by atoms with E-state index in [1.807, 2.05) is 30.5 Å². The van der Waals surface area contributed by atoms with Crippen LogP contribution < -0.4 is 10.6 Å². The maximum Gasteiger partial charge on any atom is 0.286 e. The molecule has 3 aromatic rings. The van der Waals surface area contributed by atoms with Crippen molar-refractivity contribution >= 4 is 74.4 Å². The Bertz CT molecular complexity index is 1250. The van der Waals surface area contributed by atoms with E-state index in [9.17, 15) is 4.79 Å². The molecule has 2 aliphatic rings. The van der Waals surface area contributed by atoms with E-state index in [-0.39, 0.29) is 5.91 Å². The number of hydrogen-bond acceptors (Lipinski definition) is 5. The Morgan fingerprint density at radius 3 is 2.72 bits per heavy atom. The number of thioether (sulfide) groups is 1. The van der Waals surface area contributed by atoms with Gasteiger partial charge in [0.25, 0.3) is 5.91 Å². The van der Waals surface area contributed by atoms with Gasteiger partial charge in [-0.2, -0.15) is 4.99 Å². The van der Waals surface area contributed by atoms with Crippen molar-refractivity contribution in [2.75, 3.05) is 17.2 Å². The average molecular weight is 483 g/mol. The summed E-state index contributed by atoms with van der Waals surface area (Å²) < 4.78 is 0. The van der Waals surface area contributed by atoms with Gasteiger partial charge in [0.05, 0.1) is 26.2 Å². The number of aliphatic imine (C=N–C) groups is 1. The largest absolute Gasteiger partial charge is 0.384 e. The summed E-state index contributed by atoms with van der Waals surface area (Å²) in [5.41, 5.74) is 3.43. The van der Waals surface area contributed by atoms with Crippen LogP contribution in [-0.2, 0) is 4.79 Å². The molecular weight excluding hydrogens is 463 g/mol. The molecule has 1 aromatic heterocycles. The Morgan fingerprint density at radius 2 is 1.94 bits per heavy atom. The lowest BCUT2D eigenvalue weighted by atomic mass is 10.1. The number of fused-ring (bicyclic) bond motifs is 1. The third-order valence-electron chi connectivity index (χ3n) is 5.44. The van der Waals surface area contributed by atoms with Crippen molar-refractivity contribution in [3.8, 4) is 0 Å². The van der Waals surface area contributed by atoms with Crippen LogP contribution in [0.5, 0.6) is 0 Å². The van der Waals surface area contributed by atoms with Crippen molar-refractivity contribution in [3.63, 3.8) is 0 Å². The number of rotatable bonds is 6. The van der Waals surface area contributed by atoms with Crippen LogP contribution in [0.4, 0.5) is 11.4 Å². The molecule has 1 fully saturated rings. The fourth-order valence-corrected chi connectivity index (χ4v) is 4.87. The summed E-state index contributed by atoms with van der Waals surface area (Å²) in [5.74, 6) is 0.583. The number of pyridine rings is 1. The summed E-state index contributed by atoms with van der Waals surface area (Å²) in [5, 5.41) is 9.03. The Kier molecular flexibility index (Phi) is 6.09. The minimum Gasteiger partial charge on any atom is -0.384 e. The Labute approximate surface area is 200 Å². The van der Waals surface area contributed by atoms with Gasteiger partial charge in [-0.15, -0.1) is 0 Å². The fourth-order valence-electron chi connectivity index (χ4n) is 3.56. The van der Waals surface area contributed by atoms with E-state index in [2.05, 4.69) is 26.7 Å². The lowest BCUT2D eigenvalue weighted by Crippen LogP contribution is -2.05. The highest BCUT2D eigenvalue weighted by Crippen LogP contribution is 2.35. The molecule has 162 valence electrons. The smallest absolute Gasteiger partial charge is 0.286 e. The predicted molar refractivity (Wildman–Crippen MR) is 136 cm³/mol. The lowest BCUT2D eigenvalue weighted by molar-refractivity contribution is -0.113. The second-order valence-corrected chi connectivity index (χ2v) is 9.69. The second-order valence-electron chi connectivity index (χ2n) is 7.85. The summed E-state index contributed by atoms with van der Waals surface area (Å²) in [7, 11) is 0. The van der Waals surface area contributed by atoms with Crippen LogP contribution >= 0.6 is 35.0 Å². The van der Waals surface area contributed by atoms with Crippen molar-refractivity contribution < 1.29 is 4.79 Å². The molecule has 1 aliphatic carbocycles. The molecule has 1 aliphatic heterocycles. The molecule has 32 heavy (non-hydrogen) atoms. The summed E-state index contributed by atoms with van der Waals surface area (Å²) in [6.45, 7) is 0.955. The number of carbonyl (C=O) groups is 1. The third-order valence-corrected chi connectivity index (χ3v) is 6.97. The van der Waals surface area contributed by atoms with E-state index in [1.54, 1.807) is 18.2 Å². The SMILES string of the molecule is O=C1N=C(Nc2c(Cl)cccc2Cl)SC1=Cc1ccc2nccc(NCCC3CC3)c2c1. The molecule has 0 spiro atoms. The van der Waals surface area contributed by atoms with Crippen LogP contribution in [0.1, 0.15) is 24.8 Å². The number of halogens is 2. The van der Waals surface area contributed by atoms with E-state index in [4.69, 9.17) is 23.2 Å². The molecule has 1 saturated carbocycles. The molecule has 0 bridgehead atoms. The number of amides is 1. The highest BCUT2D eigenvalue weighted by atomic mass is 35.5. The van der Waals surface area contributed by atoms with E-state index in [0.29, 0.717) is 25.8 Å². The average Bonchev–Trinajstić information content (AvgIpc) is 3.54. The molecule has 0 unspecified atom stereocenters. The van der Waals surface area contributed by atoms with Crippen LogP contribution in [0.15, 0.2) is 58.6 Å². The van der Waals surface area contributed by atoms with Gasteiger partial charge in [0.15, 0.2) is 5.17 Å². The Morgan fingerprint density at radius 1 is 1.12 bits per heavy atom. The molecule has 5 nitrogen and oxygen atoms in total. The predicted octanol–water partition coefficient (Wildman–Crippen LogP) is 6.84. The topological polar surface area (TPSA) is 66.4 Å². The van der Waals surface area contributed by atoms with E-state index >= 15 is 0 Å². The van der Waals surface area contributed by atoms with Crippen LogP contribution in [-0.4, -0.2) is 22.6 Å². The summed E-state index contributed by atoms with van der Waals surface area (Å²) in [6.07, 6.45) is 7.57. The van der Waals surface area contributed by atoms with Gasteiger partial charge in [0.2, 0.25) is 0 Å². The minimum atomic E-state index is -0.297. The lowest BCUT2D eigenvalue weighted by Gasteiger charge is -2.10. The fraction of sp³-hybridized carbons (Fsp3) is 0.208. The number of hydrogen-bond donors (Lipinski definition) is 2. The van der Waals surface area contributed by atoms with Crippen LogP contribution in [0, 0.1) is 5.92 Å². The number of aromatic nitrogens is 1. The van der Waals surface area contributed by atoms with Gasteiger partial charge in [-0.05, 0) is 66.1 Å². The number of amidine groups is 1. The van der Waals surface area contributed by atoms with Gasteiger partial charge in [-0.3, -0.25) is 9.78 Å². The van der Waals surface area contributed by atoms with Crippen molar-refractivity contribution in [2.45, 2.75) is 19.3 Å². The van der Waals surface area contributed by atoms with Gasteiger partial charge < -0.3 is 10.6 Å². The molecule has 2 N–H and O–H groups in total. The molecular formula is C24H20Cl2N4OS. The minimum absolute atomic E-state index is 0.297. The van der Waals surface area contributed by atoms with Crippen LogP contribution in [0.25, 0.3) is 17.0 Å². The summed E-state index contributed by atoms with van der Waals surface area (Å²) in [4.78, 5) is 21.6. The summed E-state index contributed by atoms with van der Waals surface area (Å²) in [6, 6.07) is 13.2. The first-order valence-corrected chi connectivity index (χ1v) is 12.0. The van der Waals surface area contributed by atoms with Gasteiger partial charge >= 0.3 is 0 Å². The highest BCUT2D eigenvalue weighted by molar-refractivity contribution is 8.18. The molecule has 2 aromatic carbocycles. The molecule has 2 heterocycles. The first-order chi connectivity index (χ1) is 15.6. The van der Waals surface area contributed by atoms with E-state index in [1.165, 1.54) is 31.0 Å². The Balaban J connectivity index is 1.35. The van der Waals surface area contributed by atoms with Crippen molar-refractivity contribution in [1.29, 1.82) is 0 Å². The van der Waals surface area contributed by atoms with Crippen molar-refractivity contribution in [3.05, 3.63) is 69.2 Å². The first-order valence-electron chi connectivity index (χ1n) is 10.4. The number of nitrogens with zero attached hydrogens (tertiary/aromatic N) is 2. The zero-order valence-corrected chi connectivity index (χ0v) is 19.4. The van der Waals surface area contributed by atoms with Gasteiger partial charge in [-0.1, -0.05) is 48.2 Å². The van der Waals surface area contributed by atoms with Crippen LogP contribution in [0.2, 0.25) is 10.0 Å². The number of nitrogens with one attached hydrogen (secondary N) is 2. The monoisotopic (exact) mass is 482 g/mol. The van der Waals surface area contributed by atoms with Crippen LogP contribution in [0.3, 0.4) is 0 Å². The highest BCUT2D eigenvalue weighted by Gasteiger charge is 2.23. The maximum absolute atomic E-state index is 12.5. The first kappa shape index (κ1) is 21.3. The molecule has 1 amide bonds. The molecule has 8 heteroatoms. The Hall–Kier alpha value is -2.54. The number of para-hydroxylation sites is 1. The zero-order valence-electron chi connectivity index (χ0n) is 17.1. The van der Waals surface area contributed by atoms with E-state index in [0.717, 1.165) is 34.6 Å². The van der Waals surface area contributed by atoms with Crippen molar-refractivity contribution in [2.24, 2.45) is 10.9 Å². The molecule has 0 radical (unpaired) electrons.